The molecule has 1 aliphatic rings. The van der Waals surface area contributed by atoms with Crippen molar-refractivity contribution in [2.45, 2.75) is 64.3 Å². The first-order valence-corrected chi connectivity index (χ1v) is 6.57. The predicted molar refractivity (Wildman–Crippen MR) is 69.9 cm³/mol. The first kappa shape index (κ1) is 12.5. The molecule has 1 aromatic heterocycles. The molecule has 0 amide bonds. The van der Waals surface area contributed by atoms with Crippen LogP contribution in [0.25, 0.3) is 0 Å². The van der Waals surface area contributed by atoms with E-state index in [9.17, 15) is 0 Å². The molecule has 1 fully saturated rings. The fourth-order valence-electron chi connectivity index (χ4n) is 2.57. The lowest BCUT2D eigenvalue weighted by molar-refractivity contribution is 0.498. The van der Waals surface area contributed by atoms with Crippen LogP contribution in [-0.4, -0.2) is 15.5 Å². The van der Waals surface area contributed by atoms with Gasteiger partial charge in [-0.1, -0.05) is 12.8 Å². The highest BCUT2D eigenvalue weighted by Gasteiger charge is 2.21. The van der Waals surface area contributed by atoms with Crippen molar-refractivity contribution in [3.05, 3.63) is 23.3 Å². The maximum Gasteiger partial charge on any atom is 0.130 e. The predicted octanol–water partition coefficient (Wildman–Crippen LogP) is 2.72. The van der Waals surface area contributed by atoms with Gasteiger partial charge in [0.15, 0.2) is 0 Å². The van der Waals surface area contributed by atoms with E-state index in [1.165, 1.54) is 31.4 Å². The van der Waals surface area contributed by atoms with Crippen molar-refractivity contribution in [1.29, 1.82) is 0 Å². The Labute approximate surface area is 104 Å². The normalized spacial score (nSPS) is 17.6. The Morgan fingerprint density at radius 3 is 2.53 bits per heavy atom. The first-order chi connectivity index (χ1) is 7.94. The van der Waals surface area contributed by atoms with Crippen LogP contribution < -0.4 is 5.73 Å². The molecule has 0 saturated heterocycles. The van der Waals surface area contributed by atoms with Gasteiger partial charge >= 0.3 is 0 Å². The molecule has 0 unspecified atom stereocenters. The number of hydrogen-bond donors (Lipinski definition) is 1. The summed E-state index contributed by atoms with van der Waals surface area (Å²) in [6, 6.07) is 2.14. The van der Waals surface area contributed by atoms with E-state index >= 15 is 0 Å². The highest BCUT2D eigenvalue weighted by atomic mass is 14.9. The summed E-state index contributed by atoms with van der Waals surface area (Å²) >= 11 is 0. The van der Waals surface area contributed by atoms with Gasteiger partial charge in [0.2, 0.25) is 0 Å². The fraction of sp³-hybridized carbons (Fsp3) is 0.714. The zero-order valence-electron chi connectivity index (χ0n) is 11.2. The molecule has 1 aromatic rings. The Morgan fingerprint density at radius 1 is 1.29 bits per heavy atom. The minimum Gasteiger partial charge on any atom is -0.325 e. The lowest BCUT2D eigenvalue weighted by Crippen LogP contribution is -2.35. The zero-order valence-corrected chi connectivity index (χ0v) is 11.2. The second kappa shape index (κ2) is 4.73. The standard InChI is InChI=1S/C14H23N3/c1-10-8-12(11-6-4-5-7-11)17-13(16-10)9-14(2,3)15/h8,11H,4-7,9,15H2,1-3H3. The maximum atomic E-state index is 6.04. The van der Waals surface area contributed by atoms with E-state index in [2.05, 4.69) is 11.1 Å². The van der Waals surface area contributed by atoms with E-state index in [1.807, 2.05) is 20.8 Å². The summed E-state index contributed by atoms with van der Waals surface area (Å²) < 4.78 is 0. The van der Waals surface area contributed by atoms with E-state index in [0.29, 0.717) is 5.92 Å². The van der Waals surface area contributed by atoms with E-state index in [4.69, 9.17) is 10.7 Å². The Morgan fingerprint density at radius 2 is 1.94 bits per heavy atom. The second-order valence-electron chi connectivity index (χ2n) is 6.00. The number of nitrogens with zero attached hydrogens (tertiary/aromatic N) is 2. The van der Waals surface area contributed by atoms with Crippen LogP contribution >= 0.6 is 0 Å². The Kier molecular flexibility index (Phi) is 3.48. The van der Waals surface area contributed by atoms with Gasteiger partial charge in [0.25, 0.3) is 0 Å². The molecule has 0 spiro atoms. The molecule has 0 aromatic carbocycles. The molecule has 1 saturated carbocycles. The summed E-state index contributed by atoms with van der Waals surface area (Å²) in [5, 5.41) is 0. The van der Waals surface area contributed by atoms with Crippen LogP contribution in [0.15, 0.2) is 6.07 Å². The van der Waals surface area contributed by atoms with Crippen LogP contribution in [0.5, 0.6) is 0 Å². The van der Waals surface area contributed by atoms with Crippen molar-refractivity contribution >= 4 is 0 Å². The molecule has 94 valence electrons. The lowest BCUT2D eigenvalue weighted by Gasteiger charge is -2.18. The Bertz CT molecular complexity index is 387. The lowest BCUT2D eigenvalue weighted by atomic mass is 10.00. The summed E-state index contributed by atoms with van der Waals surface area (Å²) in [5.41, 5.74) is 8.11. The van der Waals surface area contributed by atoms with E-state index < -0.39 is 0 Å². The van der Waals surface area contributed by atoms with Gasteiger partial charge in [-0.05, 0) is 39.7 Å². The Hall–Kier alpha value is -0.960. The van der Waals surface area contributed by atoms with Gasteiger partial charge in [-0.25, -0.2) is 9.97 Å². The molecule has 0 radical (unpaired) electrons. The summed E-state index contributed by atoms with van der Waals surface area (Å²) in [6.45, 7) is 6.09. The Balaban J connectivity index is 2.22. The number of aromatic nitrogens is 2. The van der Waals surface area contributed by atoms with Gasteiger partial charge in [-0.3, -0.25) is 0 Å². The summed E-state index contributed by atoms with van der Waals surface area (Å²) in [7, 11) is 0. The van der Waals surface area contributed by atoms with E-state index in [0.717, 1.165) is 17.9 Å². The molecule has 0 atom stereocenters. The minimum atomic E-state index is -0.235. The van der Waals surface area contributed by atoms with Crippen LogP contribution in [0.3, 0.4) is 0 Å². The highest BCUT2D eigenvalue weighted by Crippen LogP contribution is 2.33. The molecule has 1 heterocycles. The summed E-state index contributed by atoms with van der Waals surface area (Å²) in [6.07, 6.45) is 5.98. The second-order valence-corrected chi connectivity index (χ2v) is 6.00. The van der Waals surface area contributed by atoms with E-state index in [1.54, 1.807) is 0 Å². The summed E-state index contributed by atoms with van der Waals surface area (Å²) in [4.78, 5) is 9.21. The van der Waals surface area contributed by atoms with Gasteiger partial charge in [-0.2, -0.15) is 0 Å². The van der Waals surface area contributed by atoms with Crippen LogP contribution in [0.2, 0.25) is 0 Å². The van der Waals surface area contributed by atoms with Crippen molar-refractivity contribution in [2.75, 3.05) is 0 Å². The van der Waals surface area contributed by atoms with Crippen molar-refractivity contribution in [1.82, 2.24) is 9.97 Å². The number of nitrogens with two attached hydrogens (primary N) is 1. The molecular formula is C14H23N3. The molecule has 3 heteroatoms. The van der Waals surface area contributed by atoms with Gasteiger partial charge in [0.05, 0.1) is 0 Å². The molecule has 2 rings (SSSR count). The van der Waals surface area contributed by atoms with Gasteiger partial charge < -0.3 is 5.73 Å². The average molecular weight is 233 g/mol. The van der Waals surface area contributed by atoms with Crippen LogP contribution in [0, 0.1) is 6.92 Å². The van der Waals surface area contributed by atoms with Crippen molar-refractivity contribution in [3.63, 3.8) is 0 Å². The van der Waals surface area contributed by atoms with E-state index in [-0.39, 0.29) is 5.54 Å². The smallest absolute Gasteiger partial charge is 0.130 e. The minimum absolute atomic E-state index is 0.235. The number of hydrogen-bond acceptors (Lipinski definition) is 3. The zero-order chi connectivity index (χ0) is 12.5. The van der Waals surface area contributed by atoms with Crippen molar-refractivity contribution in [2.24, 2.45) is 5.73 Å². The largest absolute Gasteiger partial charge is 0.325 e. The fourth-order valence-corrected chi connectivity index (χ4v) is 2.57. The van der Waals surface area contributed by atoms with Crippen molar-refractivity contribution in [3.8, 4) is 0 Å². The third-order valence-corrected chi connectivity index (χ3v) is 3.31. The number of rotatable bonds is 3. The highest BCUT2D eigenvalue weighted by molar-refractivity contribution is 5.16. The average Bonchev–Trinajstić information content (AvgIpc) is 2.65. The third-order valence-electron chi connectivity index (χ3n) is 3.31. The van der Waals surface area contributed by atoms with Gasteiger partial charge in [0.1, 0.15) is 5.82 Å². The maximum absolute atomic E-state index is 6.04. The van der Waals surface area contributed by atoms with Crippen LogP contribution in [0.1, 0.15) is 62.7 Å². The topological polar surface area (TPSA) is 51.8 Å². The molecule has 0 bridgehead atoms. The van der Waals surface area contributed by atoms with Crippen LogP contribution in [0.4, 0.5) is 0 Å². The van der Waals surface area contributed by atoms with Gasteiger partial charge in [-0.15, -0.1) is 0 Å². The van der Waals surface area contributed by atoms with Crippen LogP contribution in [-0.2, 0) is 6.42 Å². The summed E-state index contributed by atoms with van der Waals surface area (Å²) in [5.74, 6) is 1.55. The molecule has 17 heavy (non-hydrogen) atoms. The molecule has 2 N–H and O–H groups in total. The third kappa shape index (κ3) is 3.50. The molecule has 0 aliphatic heterocycles. The molecule has 3 nitrogen and oxygen atoms in total. The first-order valence-electron chi connectivity index (χ1n) is 6.57. The monoisotopic (exact) mass is 233 g/mol. The quantitative estimate of drug-likeness (QED) is 0.873. The van der Waals surface area contributed by atoms with Gasteiger partial charge in [0, 0.05) is 29.3 Å². The molecular weight excluding hydrogens is 210 g/mol. The van der Waals surface area contributed by atoms with Crippen molar-refractivity contribution < 1.29 is 0 Å². The SMILES string of the molecule is Cc1cc(C2CCCC2)nc(CC(C)(C)N)n1. The number of aryl methyl sites for hydroxylation is 1. The molecule has 1 aliphatic carbocycles.